The van der Waals surface area contributed by atoms with Gasteiger partial charge in [-0.05, 0) is 25.2 Å². The second-order valence-electron chi connectivity index (χ2n) is 4.03. The maximum Gasteiger partial charge on any atom is 0.218 e. The zero-order chi connectivity index (χ0) is 10.7. The van der Waals surface area contributed by atoms with Gasteiger partial charge in [0.2, 0.25) is 5.88 Å². The van der Waals surface area contributed by atoms with E-state index in [0.717, 1.165) is 24.2 Å². The molecular weight excluding hydrogens is 190 g/mol. The molecule has 1 aromatic rings. The van der Waals surface area contributed by atoms with Crippen molar-refractivity contribution >= 4 is 5.82 Å². The van der Waals surface area contributed by atoms with Gasteiger partial charge in [-0.2, -0.15) is 0 Å². The predicted molar refractivity (Wildman–Crippen MR) is 59.0 cm³/mol. The van der Waals surface area contributed by atoms with Crippen LogP contribution in [0.4, 0.5) is 5.82 Å². The quantitative estimate of drug-likeness (QED) is 0.801. The van der Waals surface area contributed by atoms with Crippen molar-refractivity contribution in [2.24, 2.45) is 11.8 Å². The van der Waals surface area contributed by atoms with Crippen molar-refractivity contribution in [2.45, 2.75) is 20.3 Å². The molecule has 82 valence electrons. The first-order valence-electron chi connectivity index (χ1n) is 5.48. The Labute approximate surface area is 90.1 Å². The lowest BCUT2D eigenvalue weighted by Gasteiger charge is -2.06. The lowest BCUT2D eigenvalue weighted by molar-refractivity contribution is 0.326. The van der Waals surface area contributed by atoms with Crippen molar-refractivity contribution in [1.29, 1.82) is 0 Å². The summed E-state index contributed by atoms with van der Waals surface area (Å²) in [6.07, 6.45) is 2.86. The maximum absolute atomic E-state index is 5.30. The highest BCUT2D eigenvalue weighted by Crippen LogP contribution is 2.37. The van der Waals surface area contributed by atoms with E-state index in [4.69, 9.17) is 4.74 Å². The van der Waals surface area contributed by atoms with E-state index >= 15 is 0 Å². The largest absolute Gasteiger partial charge is 0.478 e. The first-order valence-corrected chi connectivity index (χ1v) is 5.48. The Balaban J connectivity index is 1.87. The Bertz CT molecular complexity index is 329. The fourth-order valence-electron chi connectivity index (χ4n) is 1.58. The van der Waals surface area contributed by atoms with E-state index in [1.54, 1.807) is 0 Å². The fraction of sp³-hybridized carbons (Fsp3) is 0.636. The summed E-state index contributed by atoms with van der Waals surface area (Å²) in [4.78, 5) is 8.16. The third-order valence-electron chi connectivity index (χ3n) is 2.76. The highest BCUT2D eigenvalue weighted by atomic mass is 16.5. The minimum atomic E-state index is 0.635. The molecule has 2 rings (SSSR count). The van der Waals surface area contributed by atoms with E-state index < -0.39 is 0 Å². The minimum Gasteiger partial charge on any atom is -0.478 e. The first kappa shape index (κ1) is 10.2. The van der Waals surface area contributed by atoms with Gasteiger partial charge >= 0.3 is 0 Å². The van der Waals surface area contributed by atoms with Crippen LogP contribution in [0.25, 0.3) is 0 Å². The molecule has 1 aliphatic carbocycles. The summed E-state index contributed by atoms with van der Waals surface area (Å²) < 4.78 is 5.30. The molecule has 4 heteroatoms. The van der Waals surface area contributed by atoms with E-state index in [1.807, 2.05) is 13.0 Å². The van der Waals surface area contributed by atoms with Crippen LogP contribution in [0.5, 0.6) is 5.88 Å². The summed E-state index contributed by atoms with van der Waals surface area (Å²) in [5.74, 6) is 3.17. The smallest absolute Gasteiger partial charge is 0.218 e. The molecular formula is C11H17N3O. The van der Waals surface area contributed by atoms with Crippen molar-refractivity contribution in [2.75, 3.05) is 18.5 Å². The molecule has 0 amide bonds. The second kappa shape index (κ2) is 4.47. The molecule has 1 fully saturated rings. The molecule has 1 heterocycles. The van der Waals surface area contributed by atoms with Crippen molar-refractivity contribution < 1.29 is 4.74 Å². The molecule has 0 aliphatic heterocycles. The number of anilines is 1. The van der Waals surface area contributed by atoms with Crippen LogP contribution < -0.4 is 10.1 Å². The van der Waals surface area contributed by atoms with Crippen molar-refractivity contribution in [3.05, 3.63) is 12.4 Å². The van der Waals surface area contributed by atoms with Crippen LogP contribution in [-0.2, 0) is 0 Å². The van der Waals surface area contributed by atoms with Gasteiger partial charge in [0.05, 0.1) is 6.61 Å². The molecule has 4 nitrogen and oxygen atoms in total. The molecule has 15 heavy (non-hydrogen) atoms. The van der Waals surface area contributed by atoms with Gasteiger partial charge in [-0.3, -0.25) is 0 Å². The maximum atomic E-state index is 5.30. The molecule has 0 bridgehead atoms. The van der Waals surface area contributed by atoms with Gasteiger partial charge in [0.25, 0.3) is 0 Å². The molecule has 2 unspecified atom stereocenters. The molecule has 1 N–H and O–H groups in total. The van der Waals surface area contributed by atoms with E-state index in [2.05, 4.69) is 22.2 Å². The van der Waals surface area contributed by atoms with Gasteiger partial charge in [-0.25, -0.2) is 9.97 Å². The fourth-order valence-corrected chi connectivity index (χ4v) is 1.58. The predicted octanol–water partition coefficient (Wildman–Crippen LogP) is 1.94. The molecule has 0 saturated heterocycles. The lowest BCUT2D eigenvalue weighted by Crippen LogP contribution is -2.06. The summed E-state index contributed by atoms with van der Waals surface area (Å²) in [5, 5.41) is 3.30. The Morgan fingerprint density at radius 2 is 2.33 bits per heavy atom. The van der Waals surface area contributed by atoms with Gasteiger partial charge in [-0.15, -0.1) is 0 Å². The Hall–Kier alpha value is -1.32. The molecule has 0 spiro atoms. The van der Waals surface area contributed by atoms with Gasteiger partial charge in [0.1, 0.15) is 12.1 Å². The Morgan fingerprint density at radius 1 is 1.53 bits per heavy atom. The van der Waals surface area contributed by atoms with Crippen LogP contribution in [0, 0.1) is 11.8 Å². The molecule has 1 aliphatic rings. The first-order chi connectivity index (χ1) is 7.29. The standard InChI is InChI=1S/C11H17N3O/c1-3-15-11-5-10(13-7-14-11)12-6-9-4-8(9)2/h5,7-9H,3-4,6H2,1-2H3,(H,12,13,14). The molecule has 1 saturated carbocycles. The van der Waals surface area contributed by atoms with Crippen molar-refractivity contribution in [3.8, 4) is 5.88 Å². The molecule has 0 radical (unpaired) electrons. The normalized spacial score (nSPS) is 23.6. The topological polar surface area (TPSA) is 47.0 Å². The number of hydrogen-bond donors (Lipinski definition) is 1. The van der Waals surface area contributed by atoms with Crippen LogP contribution in [-0.4, -0.2) is 23.1 Å². The number of hydrogen-bond acceptors (Lipinski definition) is 4. The zero-order valence-electron chi connectivity index (χ0n) is 9.23. The number of nitrogens with zero attached hydrogens (tertiary/aromatic N) is 2. The highest BCUT2D eigenvalue weighted by molar-refractivity contribution is 5.37. The van der Waals surface area contributed by atoms with E-state index in [9.17, 15) is 0 Å². The van der Waals surface area contributed by atoms with Gasteiger partial charge < -0.3 is 10.1 Å². The van der Waals surface area contributed by atoms with Crippen LogP contribution in [0.15, 0.2) is 12.4 Å². The van der Waals surface area contributed by atoms with E-state index in [0.29, 0.717) is 12.5 Å². The van der Waals surface area contributed by atoms with Crippen molar-refractivity contribution in [3.63, 3.8) is 0 Å². The average molecular weight is 207 g/mol. The summed E-state index contributed by atoms with van der Waals surface area (Å²) in [6, 6.07) is 1.84. The SMILES string of the molecule is CCOc1cc(NCC2CC2C)ncn1. The average Bonchev–Trinajstić information content (AvgIpc) is 2.93. The third kappa shape index (κ3) is 2.81. The Kier molecular flexibility index (Phi) is 3.04. The summed E-state index contributed by atoms with van der Waals surface area (Å²) >= 11 is 0. The monoisotopic (exact) mass is 207 g/mol. The number of nitrogens with one attached hydrogen (secondary N) is 1. The minimum absolute atomic E-state index is 0.635. The number of aromatic nitrogens is 2. The van der Waals surface area contributed by atoms with Crippen LogP contribution >= 0.6 is 0 Å². The summed E-state index contributed by atoms with van der Waals surface area (Å²) in [6.45, 7) is 5.86. The van der Waals surface area contributed by atoms with Gasteiger partial charge in [0.15, 0.2) is 0 Å². The van der Waals surface area contributed by atoms with E-state index in [1.165, 1.54) is 12.7 Å². The zero-order valence-corrected chi connectivity index (χ0v) is 9.23. The molecule has 1 aromatic heterocycles. The van der Waals surface area contributed by atoms with Crippen molar-refractivity contribution in [1.82, 2.24) is 9.97 Å². The second-order valence-corrected chi connectivity index (χ2v) is 4.03. The van der Waals surface area contributed by atoms with E-state index in [-0.39, 0.29) is 0 Å². The van der Waals surface area contributed by atoms with Crippen LogP contribution in [0.1, 0.15) is 20.3 Å². The third-order valence-corrected chi connectivity index (χ3v) is 2.76. The van der Waals surface area contributed by atoms with Crippen LogP contribution in [0.2, 0.25) is 0 Å². The van der Waals surface area contributed by atoms with Gasteiger partial charge in [0, 0.05) is 12.6 Å². The molecule has 0 aromatic carbocycles. The lowest BCUT2D eigenvalue weighted by atomic mass is 10.3. The number of rotatable bonds is 5. The summed E-state index contributed by atoms with van der Waals surface area (Å²) in [5.41, 5.74) is 0. The van der Waals surface area contributed by atoms with Crippen LogP contribution in [0.3, 0.4) is 0 Å². The van der Waals surface area contributed by atoms with Gasteiger partial charge in [-0.1, -0.05) is 6.92 Å². The number of ether oxygens (including phenoxy) is 1. The highest BCUT2D eigenvalue weighted by Gasteiger charge is 2.31. The summed E-state index contributed by atoms with van der Waals surface area (Å²) in [7, 11) is 0. The Morgan fingerprint density at radius 3 is 3.00 bits per heavy atom. The molecule has 2 atom stereocenters.